The Hall–Kier alpha value is -1.00. The molecule has 2 bridgehead atoms. The highest BCUT2D eigenvalue weighted by molar-refractivity contribution is 7.98. The minimum atomic E-state index is 0.00449. The fourth-order valence-corrected chi connectivity index (χ4v) is 5.91. The van der Waals surface area contributed by atoms with Crippen LogP contribution in [0.5, 0.6) is 0 Å². The number of quaternary nitrogens is 1. The molecule has 2 nitrogen and oxygen atoms in total. The van der Waals surface area contributed by atoms with Crippen molar-refractivity contribution in [2.75, 3.05) is 19.6 Å². The van der Waals surface area contributed by atoms with Crippen molar-refractivity contribution in [1.82, 2.24) is 0 Å². The summed E-state index contributed by atoms with van der Waals surface area (Å²) in [6.07, 6.45) is 2.99. The standard InChI is InChI=1S/C21H22ClNOS/c22-16-5-6-20-18(11-16)21(17-4-2-1-3-15(17)13-25-20)24-19-12-23-9-7-14(19)8-10-23/h1-6,11,14,19,21H,7-10,12-13H2/p+1/t19-,21+/m0/s1. The molecule has 4 heteroatoms. The summed E-state index contributed by atoms with van der Waals surface area (Å²) < 4.78 is 6.86. The van der Waals surface area contributed by atoms with Crippen molar-refractivity contribution in [2.45, 2.75) is 35.7 Å². The molecule has 4 aliphatic heterocycles. The van der Waals surface area contributed by atoms with Crippen molar-refractivity contribution in [2.24, 2.45) is 5.92 Å². The van der Waals surface area contributed by atoms with Crippen molar-refractivity contribution >= 4 is 23.4 Å². The number of hydrogen-bond donors (Lipinski definition) is 1. The van der Waals surface area contributed by atoms with Crippen LogP contribution in [0.2, 0.25) is 5.02 Å². The van der Waals surface area contributed by atoms with Crippen molar-refractivity contribution < 1.29 is 9.64 Å². The first kappa shape index (κ1) is 16.2. The third kappa shape index (κ3) is 3.02. The molecule has 0 saturated carbocycles. The molecule has 0 aliphatic carbocycles. The number of fused-ring (bicyclic) bond motifs is 5. The van der Waals surface area contributed by atoms with Gasteiger partial charge in [-0.15, -0.1) is 11.8 Å². The van der Waals surface area contributed by atoms with Crippen molar-refractivity contribution in [1.29, 1.82) is 0 Å². The maximum atomic E-state index is 6.86. The monoisotopic (exact) mass is 372 g/mol. The Labute approximate surface area is 158 Å². The van der Waals surface area contributed by atoms with Gasteiger partial charge in [0.25, 0.3) is 0 Å². The fraction of sp³-hybridized carbons (Fsp3) is 0.429. The van der Waals surface area contributed by atoms with E-state index in [0.717, 1.165) is 23.2 Å². The van der Waals surface area contributed by atoms with E-state index in [0.29, 0.717) is 6.10 Å². The summed E-state index contributed by atoms with van der Waals surface area (Å²) >= 11 is 8.26. The lowest BCUT2D eigenvalue weighted by Gasteiger charge is -2.43. The van der Waals surface area contributed by atoms with Crippen LogP contribution in [0.4, 0.5) is 0 Å². The highest BCUT2D eigenvalue weighted by Gasteiger charge is 2.40. The van der Waals surface area contributed by atoms with Gasteiger partial charge in [0.05, 0.1) is 13.1 Å². The van der Waals surface area contributed by atoms with Crippen LogP contribution in [0.1, 0.15) is 35.6 Å². The molecule has 1 N–H and O–H groups in total. The zero-order valence-electron chi connectivity index (χ0n) is 14.2. The summed E-state index contributed by atoms with van der Waals surface area (Å²) in [6, 6.07) is 15.0. The minimum absolute atomic E-state index is 0.00449. The second-order valence-corrected chi connectivity index (χ2v) is 8.97. The predicted octanol–water partition coefficient (Wildman–Crippen LogP) is 3.73. The first-order chi connectivity index (χ1) is 12.3. The molecule has 4 heterocycles. The number of halogens is 1. The van der Waals surface area contributed by atoms with E-state index in [2.05, 4.69) is 36.4 Å². The molecule has 0 amide bonds. The van der Waals surface area contributed by atoms with Gasteiger partial charge in [-0.1, -0.05) is 35.9 Å². The Morgan fingerprint density at radius 2 is 1.88 bits per heavy atom. The number of thioether (sulfide) groups is 1. The van der Waals surface area contributed by atoms with E-state index in [9.17, 15) is 0 Å². The lowest BCUT2D eigenvalue weighted by Crippen LogP contribution is -3.16. The number of piperidine rings is 3. The van der Waals surface area contributed by atoms with E-state index in [4.69, 9.17) is 16.3 Å². The van der Waals surface area contributed by atoms with E-state index in [1.807, 2.05) is 17.8 Å². The topological polar surface area (TPSA) is 13.7 Å². The smallest absolute Gasteiger partial charge is 0.111 e. The number of ether oxygens (including phenoxy) is 1. The second-order valence-electron chi connectivity index (χ2n) is 7.52. The molecule has 3 saturated heterocycles. The van der Waals surface area contributed by atoms with Gasteiger partial charge in [-0.05, 0) is 29.3 Å². The molecule has 25 heavy (non-hydrogen) atoms. The van der Waals surface area contributed by atoms with E-state index in [-0.39, 0.29) is 6.10 Å². The highest BCUT2D eigenvalue weighted by atomic mass is 35.5. The molecule has 2 atom stereocenters. The molecule has 2 aromatic carbocycles. The Bertz CT molecular complexity index is 787. The summed E-state index contributed by atoms with van der Waals surface area (Å²) in [5.41, 5.74) is 3.95. The van der Waals surface area contributed by atoms with Crippen molar-refractivity contribution in [3.05, 3.63) is 64.2 Å². The van der Waals surface area contributed by atoms with E-state index >= 15 is 0 Å². The number of hydrogen-bond acceptors (Lipinski definition) is 2. The van der Waals surface area contributed by atoms with Crippen LogP contribution in [-0.4, -0.2) is 25.7 Å². The molecule has 130 valence electrons. The fourth-order valence-electron chi connectivity index (χ4n) is 4.66. The second kappa shape index (κ2) is 6.62. The van der Waals surface area contributed by atoms with Crippen molar-refractivity contribution in [3.8, 4) is 0 Å². The lowest BCUT2D eigenvalue weighted by atomic mass is 9.85. The first-order valence-electron chi connectivity index (χ1n) is 9.27. The third-order valence-electron chi connectivity index (χ3n) is 6.04. The van der Waals surface area contributed by atoms with Gasteiger partial charge in [-0.3, -0.25) is 0 Å². The van der Waals surface area contributed by atoms with Gasteiger partial charge in [0.15, 0.2) is 0 Å². The van der Waals surface area contributed by atoms with Crippen LogP contribution in [0.25, 0.3) is 0 Å². The average molecular weight is 373 g/mol. The minimum Gasteiger partial charge on any atom is -0.359 e. The number of nitrogens with one attached hydrogen (secondary N) is 1. The summed E-state index contributed by atoms with van der Waals surface area (Å²) in [4.78, 5) is 3.02. The van der Waals surface area contributed by atoms with Crippen LogP contribution < -0.4 is 4.90 Å². The zero-order chi connectivity index (χ0) is 16.8. The van der Waals surface area contributed by atoms with Gasteiger partial charge < -0.3 is 9.64 Å². The third-order valence-corrected chi connectivity index (χ3v) is 7.41. The summed E-state index contributed by atoms with van der Waals surface area (Å²) in [6.45, 7) is 3.81. The molecule has 3 fully saturated rings. The van der Waals surface area contributed by atoms with Crippen LogP contribution >= 0.6 is 23.4 Å². The lowest BCUT2D eigenvalue weighted by molar-refractivity contribution is -0.920. The van der Waals surface area contributed by atoms with Gasteiger partial charge in [-0.2, -0.15) is 0 Å². The predicted molar refractivity (Wildman–Crippen MR) is 102 cm³/mol. The molecule has 0 unspecified atom stereocenters. The van der Waals surface area contributed by atoms with E-state index < -0.39 is 0 Å². The van der Waals surface area contributed by atoms with Crippen LogP contribution in [0, 0.1) is 5.92 Å². The normalized spacial score (nSPS) is 30.4. The van der Waals surface area contributed by atoms with Gasteiger partial charge in [0, 0.05) is 40.0 Å². The number of benzene rings is 2. The van der Waals surface area contributed by atoms with E-state index in [1.165, 1.54) is 47.5 Å². The Balaban J connectivity index is 1.56. The Morgan fingerprint density at radius 1 is 1.04 bits per heavy atom. The molecule has 4 aliphatic rings. The Kier molecular flexibility index (Phi) is 4.29. The van der Waals surface area contributed by atoms with Crippen LogP contribution in [0.15, 0.2) is 47.4 Å². The molecule has 0 spiro atoms. The average Bonchev–Trinajstić information content (AvgIpc) is 2.80. The van der Waals surface area contributed by atoms with Gasteiger partial charge in [0.2, 0.25) is 0 Å². The molecule has 2 aromatic rings. The maximum Gasteiger partial charge on any atom is 0.111 e. The van der Waals surface area contributed by atoms with Gasteiger partial charge >= 0.3 is 0 Å². The molecular weight excluding hydrogens is 350 g/mol. The largest absolute Gasteiger partial charge is 0.359 e. The van der Waals surface area contributed by atoms with E-state index in [1.54, 1.807) is 4.90 Å². The maximum absolute atomic E-state index is 6.86. The quantitative estimate of drug-likeness (QED) is 0.863. The molecule has 0 radical (unpaired) electrons. The van der Waals surface area contributed by atoms with Gasteiger partial charge in [-0.25, -0.2) is 0 Å². The van der Waals surface area contributed by atoms with Crippen LogP contribution in [0.3, 0.4) is 0 Å². The summed E-state index contributed by atoms with van der Waals surface area (Å²) in [5.74, 6) is 1.72. The molecule has 6 rings (SSSR count). The SMILES string of the molecule is Clc1ccc2c(c1)[C@H](O[C@H]1C[NH+]3CCC1CC3)c1ccccc1CS2. The van der Waals surface area contributed by atoms with Crippen molar-refractivity contribution in [3.63, 3.8) is 0 Å². The van der Waals surface area contributed by atoms with Gasteiger partial charge in [0.1, 0.15) is 18.8 Å². The zero-order valence-corrected chi connectivity index (χ0v) is 15.8. The highest BCUT2D eigenvalue weighted by Crippen LogP contribution is 2.43. The van der Waals surface area contributed by atoms with Crippen LogP contribution in [-0.2, 0) is 10.5 Å². The summed E-state index contributed by atoms with van der Waals surface area (Å²) in [5, 5.41) is 0.798. The molecule has 0 aromatic heterocycles. The first-order valence-corrected chi connectivity index (χ1v) is 10.6. The summed E-state index contributed by atoms with van der Waals surface area (Å²) in [7, 11) is 0. The number of rotatable bonds is 2. The molecular formula is C21H23ClNOS+. The Morgan fingerprint density at radius 3 is 2.68 bits per heavy atom.